The van der Waals surface area contributed by atoms with E-state index in [9.17, 15) is 4.79 Å². The quantitative estimate of drug-likeness (QED) is 0.706. The fourth-order valence-corrected chi connectivity index (χ4v) is 4.01. The number of hydrogen-bond donors (Lipinski definition) is 1. The molecule has 30 heavy (non-hydrogen) atoms. The van der Waals surface area contributed by atoms with Crippen LogP contribution in [0.5, 0.6) is 5.75 Å². The van der Waals surface area contributed by atoms with Crippen molar-refractivity contribution in [3.05, 3.63) is 24.3 Å². The van der Waals surface area contributed by atoms with Crippen LogP contribution in [0, 0.1) is 0 Å². The van der Waals surface area contributed by atoms with Gasteiger partial charge in [0.05, 0.1) is 6.61 Å². The van der Waals surface area contributed by atoms with Crippen LogP contribution in [-0.2, 0) is 28.5 Å². The molecule has 1 N–H and O–H groups in total. The minimum atomic E-state index is -0.893. The first-order valence-corrected chi connectivity index (χ1v) is 10.6. The van der Waals surface area contributed by atoms with Gasteiger partial charge >= 0.3 is 0 Å². The molecule has 0 saturated carbocycles. The van der Waals surface area contributed by atoms with E-state index in [1.165, 1.54) is 0 Å². The molecule has 8 nitrogen and oxygen atoms in total. The Kier molecular flexibility index (Phi) is 5.80. The number of nitrogens with one attached hydrogen (secondary N) is 1. The normalized spacial score (nSPS) is 33.6. The van der Waals surface area contributed by atoms with E-state index in [4.69, 9.17) is 28.4 Å². The molecule has 0 aliphatic carbocycles. The van der Waals surface area contributed by atoms with Crippen LogP contribution in [0.3, 0.4) is 0 Å². The molecule has 0 bridgehead atoms. The standard InChI is InChI=1S/C22H31NO7/c1-6-7-12-25-14-10-8-13(9-11-14)23-19(24)17-15-16(28-21(2,3)27-15)18-20(26-17)30-22(4,5)29-18/h8-11,15-18,20H,6-7,12H2,1-5H3,(H,23,24)/t15-,16-,17-,18-,20-/m1/s1. The number of carbonyl (C=O) groups is 1. The lowest BCUT2D eigenvalue weighted by atomic mass is 9.98. The van der Waals surface area contributed by atoms with Gasteiger partial charge in [-0.25, -0.2) is 0 Å². The smallest absolute Gasteiger partial charge is 0.256 e. The van der Waals surface area contributed by atoms with E-state index in [1.807, 2.05) is 39.8 Å². The first-order chi connectivity index (χ1) is 14.2. The van der Waals surface area contributed by atoms with Crippen molar-refractivity contribution in [1.82, 2.24) is 0 Å². The van der Waals surface area contributed by atoms with Gasteiger partial charge in [0.2, 0.25) is 0 Å². The lowest BCUT2D eigenvalue weighted by Crippen LogP contribution is -2.58. The Morgan fingerprint density at radius 3 is 2.30 bits per heavy atom. The van der Waals surface area contributed by atoms with Crippen molar-refractivity contribution < 1.29 is 33.2 Å². The molecule has 5 atom stereocenters. The molecule has 3 fully saturated rings. The highest BCUT2D eigenvalue weighted by Gasteiger charge is 2.62. The minimum absolute atomic E-state index is 0.322. The van der Waals surface area contributed by atoms with Gasteiger partial charge in [0, 0.05) is 5.69 Å². The predicted octanol–water partition coefficient (Wildman–Crippen LogP) is 3.20. The van der Waals surface area contributed by atoms with Gasteiger partial charge in [-0.15, -0.1) is 0 Å². The highest BCUT2D eigenvalue weighted by molar-refractivity contribution is 5.94. The number of benzene rings is 1. The average Bonchev–Trinajstić information content (AvgIpc) is 3.16. The van der Waals surface area contributed by atoms with E-state index in [1.54, 1.807) is 12.1 Å². The zero-order valence-corrected chi connectivity index (χ0v) is 18.2. The number of unbranched alkanes of at least 4 members (excludes halogenated alkanes) is 1. The summed E-state index contributed by atoms with van der Waals surface area (Å²) < 4.78 is 35.5. The van der Waals surface area contributed by atoms with Gasteiger partial charge in [0.1, 0.15) is 24.1 Å². The summed E-state index contributed by atoms with van der Waals surface area (Å²) in [6, 6.07) is 7.27. The first-order valence-electron chi connectivity index (χ1n) is 10.6. The fourth-order valence-electron chi connectivity index (χ4n) is 4.01. The molecular weight excluding hydrogens is 390 g/mol. The summed E-state index contributed by atoms with van der Waals surface area (Å²) in [4.78, 5) is 13.1. The van der Waals surface area contributed by atoms with E-state index in [0.717, 1.165) is 18.6 Å². The highest BCUT2D eigenvalue weighted by Crippen LogP contribution is 2.44. The summed E-state index contributed by atoms with van der Waals surface area (Å²) in [5.74, 6) is -1.22. The van der Waals surface area contributed by atoms with Gasteiger partial charge in [-0.05, 0) is 58.4 Å². The number of carbonyl (C=O) groups excluding carboxylic acids is 1. The topological polar surface area (TPSA) is 84.5 Å². The molecule has 1 aromatic rings. The largest absolute Gasteiger partial charge is 0.494 e. The van der Waals surface area contributed by atoms with Crippen molar-refractivity contribution in [2.45, 2.75) is 89.7 Å². The lowest BCUT2D eigenvalue weighted by molar-refractivity contribution is -0.229. The van der Waals surface area contributed by atoms with Gasteiger partial charge < -0.3 is 33.7 Å². The summed E-state index contributed by atoms with van der Waals surface area (Å²) in [5.41, 5.74) is 0.646. The molecule has 166 valence electrons. The maximum Gasteiger partial charge on any atom is 0.256 e. The number of anilines is 1. The molecule has 0 unspecified atom stereocenters. The molecule has 3 saturated heterocycles. The van der Waals surface area contributed by atoms with Crippen molar-refractivity contribution in [1.29, 1.82) is 0 Å². The summed E-state index contributed by atoms with van der Waals surface area (Å²) >= 11 is 0. The minimum Gasteiger partial charge on any atom is -0.494 e. The molecule has 3 aliphatic heterocycles. The van der Waals surface area contributed by atoms with Gasteiger partial charge in [-0.1, -0.05) is 13.3 Å². The van der Waals surface area contributed by atoms with Gasteiger partial charge in [-0.2, -0.15) is 0 Å². The molecule has 4 rings (SSSR count). The van der Waals surface area contributed by atoms with Gasteiger partial charge in [-0.3, -0.25) is 4.79 Å². The first kappa shape index (κ1) is 21.5. The Balaban J connectivity index is 1.45. The number of amides is 1. The molecule has 1 amide bonds. The predicted molar refractivity (Wildman–Crippen MR) is 108 cm³/mol. The van der Waals surface area contributed by atoms with Crippen LogP contribution < -0.4 is 10.1 Å². The van der Waals surface area contributed by atoms with E-state index < -0.39 is 42.3 Å². The second-order valence-corrected chi connectivity index (χ2v) is 8.81. The maximum absolute atomic E-state index is 13.1. The van der Waals surface area contributed by atoms with Crippen LogP contribution in [0.25, 0.3) is 0 Å². The van der Waals surface area contributed by atoms with Crippen molar-refractivity contribution in [2.24, 2.45) is 0 Å². The summed E-state index contributed by atoms with van der Waals surface area (Å²) in [7, 11) is 0. The van der Waals surface area contributed by atoms with Crippen LogP contribution in [0.4, 0.5) is 5.69 Å². The summed E-state index contributed by atoms with van der Waals surface area (Å²) in [6.07, 6.45) is -1.05. The third-order valence-corrected chi connectivity index (χ3v) is 5.30. The van der Waals surface area contributed by atoms with E-state index in [-0.39, 0.29) is 5.91 Å². The number of fused-ring (bicyclic) bond motifs is 3. The van der Waals surface area contributed by atoms with Gasteiger partial charge in [0.25, 0.3) is 5.91 Å². The molecule has 1 aromatic carbocycles. The van der Waals surface area contributed by atoms with Crippen molar-refractivity contribution >= 4 is 11.6 Å². The van der Waals surface area contributed by atoms with E-state index in [2.05, 4.69) is 12.2 Å². The fraction of sp³-hybridized carbons (Fsp3) is 0.682. The van der Waals surface area contributed by atoms with Crippen LogP contribution in [0.1, 0.15) is 47.5 Å². The van der Waals surface area contributed by atoms with Crippen molar-refractivity contribution in [2.75, 3.05) is 11.9 Å². The number of hydrogen-bond acceptors (Lipinski definition) is 7. The van der Waals surface area contributed by atoms with Crippen molar-refractivity contribution in [3.63, 3.8) is 0 Å². The third kappa shape index (κ3) is 4.48. The Morgan fingerprint density at radius 1 is 0.967 bits per heavy atom. The Labute approximate surface area is 177 Å². The van der Waals surface area contributed by atoms with Crippen LogP contribution >= 0.6 is 0 Å². The second kappa shape index (κ2) is 8.09. The summed E-state index contributed by atoms with van der Waals surface area (Å²) in [6.45, 7) is 10.0. The number of rotatable bonds is 6. The second-order valence-electron chi connectivity index (χ2n) is 8.81. The molecule has 3 aliphatic rings. The monoisotopic (exact) mass is 421 g/mol. The Morgan fingerprint density at radius 2 is 1.60 bits per heavy atom. The zero-order valence-electron chi connectivity index (χ0n) is 18.2. The Bertz CT molecular complexity index is 763. The molecule has 8 heteroatoms. The van der Waals surface area contributed by atoms with Crippen molar-refractivity contribution in [3.8, 4) is 5.75 Å². The van der Waals surface area contributed by atoms with Crippen LogP contribution in [-0.4, -0.2) is 54.8 Å². The van der Waals surface area contributed by atoms with Crippen LogP contribution in [0.2, 0.25) is 0 Å². The molecule has 3 heterocycles. The van der Waals surface area contributed by atoms with Crippen LogP contribution in [0.15, 0.2) is 24.3 Å². The SMILES string of the molecule is CCCCOc1ccc(NC(=O)[C@@H]2O[C@@H]3OC(C)(C)O[C@@H]3[C@@H]3OC(C)(C)O[C@H]32)cc1. The molecule has 0 aromatic heterocycles. The molecule has 0 spiro atoms. The van der Waals surface area contributed by atoms with E-state index >= 15 is 0 Å². The average molecular weight is 421 g/mol. The third-order valence-electron chi connectivity index (χ3n) is 5.30. The Hall–Kier alpha value is -1.71. The summed E-state index contributed by atoms with van der Waals surface area (Å²) in [5, 5.41) is 2.90. The number of ether oxygens (including phenoxy) is 6. The van der Waals surface area contributed by atoms with Gasteiger partial charge in [0.15, 0.2) is 24.0 Å². The molecule has 0 radical (unpaired) electrons. The lowest BCUT2D eigenvalue weighted by Gasteiger charge is -2.36. The zero-order chi connectivity index (χ0) is 21.5. The molecular formula is C22H31NO7. The van der Waals surface area contributed by atoms with E-state index in [0.29, 0.717) is 12.3 Å². The maximum atomic E-state index is 13.1. The highest BCUT2D eigenvalue weighted by atomic mass is 16.9.